The molecule has 1 amide bonds. The maximum absolute atomic E-state index is 11.3. The fourth-order valence-corrected chi connectivity index (χ4v) is 0.850. The first-order valence-corrected chi connectivity index (χ1v) is 3.62. The molecule has 5 nitrogen and oxygen atoms in total. The molecule has 0 unspecified atom stereocenters. The van der Waals surface area contributed by atoms with Crippen LogP contribution in [0, 0.1) is 4.91 Å². The number of rotatable bonds is 2. The summed E-state index contributed by atoms with van der Waals surface area (Å²) in [6, 6.07) is 6.26. The Bertz CT molecular complexity index is 321. The summed E-state index contributed by atoms with van der Waals surface area (Å²) in [5, 5.41) is 3.22. The number of hydrogen-bond acceptors (Lipinski definition) is 4. The summed E-state index contributed by atoms with van der Waals surface area (Å²) >= 11 is 0. The molecule has 13 heavy (non-hydrogen) atoms. The van der Waals surface area contributed by atoms with Crippen LogP contribution in [0.1, 0.15) is 10.4 Å². The lowest BCUT2D eigenvalue weighted by atomic mass is 10.2. The maximum Gasteiger partial charge on any atom is 0.276 e. The van der Waals surface area contributed by atoms with E-state index < -0.39 is 5.91 Å². The zero-order valence-electron chi connectivity index (χ0n) is 7.10. The van der Waals surface area contributed by atoms with Crippen LogP contribution < -0.4 is 5.73 Å². The van der Waals surface area contributed by atoms with Crippen LogP contribution in [0.4, 0.5) is 5.69 Å². The number of nitrogen functional groups attached to an aromatic ring is 1. The second kappa shape index (κ2) is 3.66. The minimum absolute atomic E-state index is 0.385. The minimum atomic E-state index is -0.449. The molecule has 0 aromatic heterocycles. The predicted octanol–water partition coefficient (Wildman–Crippen LogP) is 1.02. The molecule has 1 aromatic carbocycles. The molecular formula is C8H9N3O2. The number of hydrogen-bond donors (Lipinski definition) is 1. The molecule has 0 saturated carbocycles. The fourth-order valence-electron chi connectivity index (χ4n) is 0.850. The Kier molecular flexibility index (Phi) is 2.59. The second-order valence-electron chi connectivity index (χ2n) is 2.53. The number of carbonyl (C=O) groups is 1. The van der Waals surface area contributed by atoms with E-state index in [1.54, 1.807) is 24.3 Å². The fraction of sp³-hybridized carbons (Fsp3) is 0.125. The summed E-state index contributed by atoms with van der Waals surface area (Å²) in [6.45, 7) is 0. The Hall–Kier alpha value is -1.91. The Morgan fingerprint density at radius 3 is 2.38 bits per heavy atom. The highest BCUT2D eigenvalue weighted by molar-refractivity contribution is 5.94. The van der Waals surface area contributed by atoms with Crippen molar-refractivity contribution in [1.82, 2.24) is 5.01 Å². The number of amides is 1. The van der Waals surface area contributed by atoms with Gasteiger partial charge in [0.05, 0.1) is 5.29 Å². The largest absolute Gasteiger partial charge is 0.399 e. The first-order valence-electron chi connectivity index (χ1n) is 3.62. The van der Waals surface area contributed by atoms with Crippen LogP contribution in [0.5, 0.6) is 0 Å². The third kappa shape index (κ3) is 2.02. The van der Waals surface area contributed by atoms with Crippen LogP contribution >= 0.6 is 0 Å². The molecule has 5 heteroatoms. The molecule has 1 rings (SSSR count). The summed E-state index contributed by atoms with van der Waals surface area (Å²) in [7, 11) is 1.30. The summed E-state index contributed by atoms with van der Waals surface area (Å²) in [4.78, 5) is 21.3. The van der Waals surface area contributed by atoms with Gasteiger partial charge in [-0.3, -0.25) is 4.79 Å². The van der Waals surface area contributed by atoms with Crippen molar-refractivity contribution in [3.63, 3.8) is 0 Å². The third-order valence-corrected chi connectivity index (χ3v) is 1.57. The topological polar surface area (TPSA) is 75.8 Å². The molecule has 0 radical (unpaired) electrons. The van der Waals surface area contributed by atoms with Crippen molar-refractivity contribution in [3.05, 3.63) is 34.7 Å². The van der Waals surface area contributed by atoms with Crippen LogP contribution in [0.3, 0.4) is 0 Å². The van der Waals surface area contributed by atoms with Gasteiger partial charge in [0.1, 0.15) is 0 Å². The molecule has 0 atom stereocenters. The van der Waals surface area contributed by atoms with E-state index in [1.165, 1.54) is 7.05 Å². The zero-order chi connectivity index (χ0) is 9.84. The van der Waals surface area contributed by atoms with Gasteiger partial charge in [-0.1, -0.05) is 0 Å². The van der Waals surface area contributed by atoms with Crippen molar-refractivity contribution in [1.29, 1.82) is 0 Å². The van der Waals surface area contributed by atoms with Crippen LogP contribution in [-0.4, -0.2) is 18.0 Å². The van der Waals surface area contributed by atoms with E-state index in [9.17, 15) is 9.70 Å². The van der Waals surface area contributed by atoms with E-state index in [2.05, 4.69) is 5.29 Å². The molecule has 0 aliphatic heterocycles. The summed E-state index contributed by atoms with van der Waals surface area (Å²) in [5.41, 5.74) is 6.38. The standard InChI is InChI=1S/C8H9N3O2/c1-11(10-13)8(12)6-2-4-7(9)5-3-6/h2-5H,9H2,1H3. The lowest BCUT2D eigenvalue weighted by Crippen LogP contribution is -2.20. The van der Waals surface area contributed by atoms with Gasteiger partial charge in [0.25, 0.3) is 5.91 Å². The molecule has 2 N–H and O–H groups in total. The van der Waals surface area contributed by atoms with E-state index in [4.69, 9.17) is 5.73 Å². The zero-order valence-corrected chi connectivity index (χ0v) is 7.10. The molecule has 1 aromatic rings. The lowest BCUT2D eigenvalue weighted by Gasteiger charge is -2.05. The van der Waals surface area contributed by atoms with E-state index >= 15 is 0 Å². The number of anilines is 1. The first-order chi connectivity index (χ1) is 6.15. The van der Waals surface area contributed by atoms with Gasteiger partial charge in [-0.25, -0.2) is 0 Å². The summed E-state index contributed by atoms with van der Waals surface area (Å²) < 4.78 is 0. The van der Waals surface area contributed by atoms with Crippen molar-refractivity contribution in [2.75, 3.05) is 12.8 Å². The Morgan fingerprint density at radius 2 is 1.92 bits per heavy atom. The van der Waals surface area contributed by atoms with Crippen LogP contribution in [0.2, 0.25) is 0 Å². The van der Waals surface area contributed by atoms with Gasteiger partial charge in [-0.2, -0.15) is 5.01 Å². The Morgan fingerprint density at radius 1 is 1.38 bits per heavy atom. The molecule has 0 bridgehead atoms. The quantitative estimate of drug-likeness (QED) is 0.418. The highest BCUT2D eigenvalue weighted by Crippen LogP contribution is 2.07. The van der Waals surface area contributed by atoms with E-state index in [-0.39, 0.29) is 0 Å². The molecule has 0 fully saturated rings. The minimum Gasteiger partial charge on any atom is -0.399 e. The van der Waals surface area contributed by atoms with Crippen LogP contribution in [0.25, 0.3) is 0 Å². The Labute approximate surface area is 75.1 Å². The average molecular weight is 179 g/mol. The van der Waals surface area contributed by atoms with Gasteiger partial charge < -0.3 is 5.73 Å². The monoisotopic (exact) mass is 179 g/mol. The molecule has 68 valence electrons. The molecule has 0 aliphatic carbocycles. The van der Waals surface area contributed by atoms with Crippen molar-refractivity contribution < 1.29 is 4.79 Å². The van der Waals surface area contributed by atoms with E-state index in [0.29, 0.717) is 11.3 Å². The molecular weight excluding hydrogens is 170 g/mol. The average Bonchev–Trinajstić information content (AvgIpc) is 2.17. The Balaban J connectivity index is 2.89. The number of nitrogens with two attached hydrogens (primary N) is 1. The van der Waals surface area contributed by atoms with Gasteiger partial charge in [0, 0.05) is 18.3 Å². The lowest BCUT2D eigenvalue weighted by molar-refractivity contribution is 0.0797. The molecule has 0 aliphatic rings. The number of carbonyl (C=O) groups excluding carboxylic acids is 1. The molecule has 0 heterocycles. The highest BCUT2D eigenvalue weighted by atomic mass is 16.3. The van der Waals surface area contributed by atoms with Gasteiger partial charge in [-0.15, -0.1) is 4.91 Å². The van der Waals surface area contributed by atoms with Gasteiger partial charge in [-0.05, 0) is 24.3 Å². The summed E-state index contributed by atoms with van der Waals surface area (Å²) in [5.74, 6) is -0.449. The SMILES string of the molecule is CN(N=O)C(=O)c1ccc(N)cc1. The first kappa shape index (κ1) is 9.18. The van der Waals surface area contributed by atoms with Crippen molar-refractivity contribution >= 4 is 11.6 Å². The molecule has 0 spiro atoms. The van der Waals surface area contributed by atoms with Crippen molar-refractivity contribution in [2.45, 2.75) is 0 Å². The van der Waals surface area contributed by atoms with E-state index in [0.717, 1.165) is 5.01 Å². The number of nitroso groups, excluding NO2 is 1. The van der Waals surface area contributed by atoms with Crippen molar-refractivity contribution in [3.8, 4) is 0 Å². The second-order valence-corrected chi connectivity index (χ2v) is 2.53. The predicted molar refractivity (Wildman–Crippen MR) is 48.7 cm³/mol. The maximum atomic E-state index is 11.3. The van der Waals surface area contributed by atoms with Crippen LogP contribution in [-0.2, 0) is 0 Å². The highest BCUT2D eigenvalue weighted by Gasteiger charge is 2.10. The van der Waals surface area contributed by atoms with Gasteiger partial charge in [0.2, 0.25) is 0 Å². The summed E-state index contributed by atoms with van der Waals surface area (Å²) in [6.07, 6.45) is 0. The van der Waals surface area contributed by atoms with Crippen LogP contribution in [0.15, 0.2) is 29.6 Å². The molecule has 0 saturated heterocycles. The van der Waals surface area contributed by atoms with Gasteiger partial charge in [0.15, 0.2) is 0 Å². The smallest absolute Gasteiger partial charge is 0.276 e. The van der Waals surface area contributed by atoms with E-state index in [1.807, 2.05) is 0 Å². The number of nitrogens with zero attached hydrogens (tertiary/aromatic N) is 2. The van der Waals surface area contributed by atoms with Gasteiger partial charge >= 0.3 is 0 Å². The normalized spacial score (nSPS) is 9.31. The number of benzene rings is 1. The third-order valence-electron chi connectivity index (χ3n) is 1.57. The van der Waals surface area contributed by atoms with Crippen molar-refractivity contribution in [2.24, 2.45) is 5.29 Å².